The van der Waals surface area contributed by atoms with E-state index in [-0.39, 0.29) is 0 Å². The summed E-state index contributed by atoms with van der Waals surface area (Å²) in [4.78, 5) is 8.07. The Balaban J connectivity index is 1.34. The Morgan fingerprint density at radius 1 is 1.05 bits per heavy atom. The molecular formula is C15H28N4. The van der Waals surface area contributed by atoms with Crippen LogP contribution in [0.1, 0.15) is 19.3 Å². The van der Waals surface area contributed by atoms with Gasteiger partial charge in [-0.15, -0.1) is 0 Å². The van der Waals surface area contributed by atoms with Gasteiger partial charge in [0.1, 0.15) is 0 Å². The van der Waals surface area contributed by atoms with Crippen molar-refractivity contribution < 1.29 is 0 Å². The average Bonchev–Trinajstić information content (AvgIpc) is 3.04. The molecule has 0 radical (unpaired) electrons. The van der Waals surface area contributed by atoms with Crippen LogP contribution >= 0.6 is 0 Å². The van der Waals surface area contributed by atoms with E-state index in [1.54, 1.807) is 0 Å². The van der Waals surface area contributed by atoms with Crippen molar-refractivity contribution >= 4 is 0 Å². The van der Waals surface area contributed by atoms with E-state index in [9.17, 15) is 0 Å². The molecule has 0 aromatic carbocycles. The number of hydrogen-bond donors (Lipinski definition) is 1. The Morgan fingerprint density at radius 3 is 2.89 bits per heavy atom. The molecule has 4 aliphatic rings. The smallest absolute Gasteiger partial charge is 0.0235 e. The van der Waals surface area contributed by atoms with Crippen LogP contribution in [0.15, 0.2) is 0 Å². The lowest BCUT2D eigenvalue weighted by Crippen LogP contribution is -2.53. The minimum atomic E-state index is 0.810. The largest absolute Gasteiger partial charge is 0.312 e. The number of hydrogen-bond acceptors (Lipinski definition) is 4. The lowest BCUT2D eigenvalue weighted by Gasteiger charge is -2.39. The third kappa shape index (κ3) is 2.33. The maximum Gasteiger partial charge on any atom is 0.0235 e. The van der Waals surface area contributed by atoms with Crippen LogP contribution in [0.25, 0.3) is 0 Å². The summed E-state index contributed by atoms with van der Waals surface area (Å²) in [5, 5.41) is 3.67. The summed E-state index contributed by atoms with van der Waals surface area (Å²) < 4.78 is 0. The first-order valence-corrected chi connectivity index (χ1v) is 8.19. The van der Waals surface area contributed by atoms with Crippen molar-refractivity contribution in [1.82, 2.24) is 20.0 Å². The highest BCUT2D eigenvalue weighted by molar-refractivity contribution is 4.98. The van der Waals surface area contributed by atoms with Crippen LogP contribution in [0.4, 0.5) is 0 Å². The van der Waals surface area contributed by atoms with Gasteiger partial charge in [-0.05, 0) is 38.8 Å². The molecule has 4 saturated heterocycles. The van der Waals surface area contributed by atoms with Crippen LogP contribution in [0.2, 0.25) is 0 Å². The number of likely N-dealkylation sites (tertiary alicyclic amines) is 1. The highest BCUT2D eigenvalue weighted by Gasteiger charge is 2.40. The minimum absolute atomic E-state index is 0.810. The molecule has 0 amide bonds. The van der Waals surface area contributed by atoms with Crippen LogP contribution in [0.3, 0.4) is 0 Å². The number of piperazine rings is 1. The third-order valence-electron chi connectivity index (χ3n) is 5.94. The van der Waals surface area contributed by atoms with Crippen LogP contribution < -0.4 is 5.32 Å². The molecule has 0 bridgehead atoms. The molecule has 4 fully saturated rings. The van der Waals surface area contributed by atoms with Crippen molar-refractivity contribution in [2.75, 3.05) is 52.9 Å². The third-order valence-corrected chi connectivity index (χ3v) is 5.94. The van der Waals surface area contributed by atoms with Gasteiger partial charge in [-0.25, -0.2) is 0 Å². The number of nitrogens with zero attached hydrogens (tertiary/aromatic N) is 3. The topological polar surface area (TPSA) is 21.8 Å². The average molecular weight is 264 g/mol. The highest BCUT2D eigenvalue weighted by Crippen LogP contribution is 2.30. The van der Waals surface area contributed by atoms with Crippen molar-refractivity contribution in [2.45, 2.75) is 37.4 Å². The molecule has 0 aliphatic carbocycles. The zero-order valence-electron chi connectivity index (χ0n) is 12.2. The standard InChI is InChI=1S/C15H28N4/c1-17-6-7-19-13(9-17)2-3-14(19)10-18-8-12-4-5-16-15(12)11-18/h12-16H,2-11H2,1H3. The van der Waals surface area contributed by atoms with Gasteiger partial charge in [0.15, 0.2) is 0 Å². The maximum absolute atomic E-state index is 3.67. The fourth-order valence-electron chi connectivity index (χ4n) is 4.89. The van der Waals surface area contributed by atoms with Gasteiger partial charge in [0.25, 0.3) is 0 Å². The van der Waals surface area contributed by atoms with E-state index in [0.717, 1.165) is 24.0 Å². The van der Waals surface area contributed by atoms with Gasteiger partial charge in [-0.2, -0.15) is 0 Å². The van der Waals surface area contributed by atoms with Gasteiger partial charge in [-0.1, -0.05) is 0 Å². The summed E-state index contributed by atoms with van der Waals surface area (Å²) in [6.45, 7) is 9.10. The van der Waals surface area contributed by atoms with Crippen molar-refractivity contribution in [3.8, 4) is 0 Å². The fourth-order valence-corrected chi connectivity index (χ4v) is 4.89. The Labute approximate surface area is 117 Å². The van der Waals surface area contributed by atoms with Crippen LogP contribution in [-0.4, -0.2) is 85.7 Å². The van der Waals surface area contributed by atoms with Crippen LogP contribution in [-0.2, 0) is 0 Å². The summed E-state index contributed by atoms with van der Waals surface area (Å²) in [6, 6.07) is 2.51. The molecule has 4 heteroatoms. The van der Waals surface area contributed by atoms with E-state index in [1.165, 1.54) is 65.1 Å². The lowest BCUT2D eigenvalue weighted by atomic mass is 10.1. The summed E-state index contributed by atoms with van der Waals surface area (Å²) in [7, 11) is 2.28. The minimum Gasteiger partial charge on any atom is -0.312 e. The Morgan fingerprint density at radius 2 is 2.00 bits per heavy atom. The van der Waals surface area contributed by atoms with E-state index in [4.69, 9.17) is 0 Å². The summed E-state index contributed by atoms with van der Waals surface area (Å²) in [5.41, 5.74) is 0. The van der Waals surface area contributed by atoms with Gasteiger partial charge in [0.2, 0.25) is 0 Å². The second-order valence-corrected chi connectivity index (χ2v) is 7.21. The molecule has 0 aromatic rings. The van der Waals surface area contributed by atoms with Crippen molar-refractivity contribution in [2.24, 2.45) is 5.92 Å². The Hall–Kier alpha value is -0.160. The second kappa shape index (κ2) is 4.99. The summed E-state index contributed by atoms with van der Waals surface area (Å²) in [5.74, 6) is 0.949. The predicted molar refractivity (Wildman–Crippen MR) is 77.4 cm³/mol. The molecule has 4 heterocycles. The maximum atomic E-state index is 3.67. The molecule has 4 atom stereocenters. The highest BCUT2D eigenvalue weighted by atomic mass is 15.3. The molecule has 1 N–H and O–H groups in total. The van der Waals surface area contributed by atoms with E-state index < -0.39 is 0 Å². The molecule has 4 unspecified atom stereocenters. The molecule has 0 aromatic heterocycles. The normalized spacial score (nSPS) is 44.7. The van der Waals surface area contributed by atoms with Crippen molar-refractivity contribution in [1.29, 1.82) is 0 Å². The van der Waals surface area contributed by atoms with Crippen molar-refractivity contribution in [3.05, 3.63) is 0 Å². The summed E-state index contributed by atoms with van der Waals surface area (Å²) >= 11 is 0. The molecule has 4 aliphatic heterocycles. The second-order valence-electron chi connectivity index (χ2n) is 7.21. The first-order chi connectivity index (χ1) is 9.29. The number of nitrogens with one attached hydrogen (secondary N) is 1. The van der Waals surface area contributed by atoms with Crippen molar-refractivity contribution in [3.63, 3.8) is 0 Å². The van der Waals surface area contributed by atoms with E-state index in [2.05, 4.69) is 27.1 Å². The fraction of sp³-hybridized carbons (Fsp3) is 1.00. The molecule has 0 saturated carbocycles. The number of rotatable bonds is 2. The van der Waals surface area contributed by atoms with Gasteiger partial charge < -0.3 is 10.2 Å². The van der Waals surface area contributed by atoms with E-state index in [1.807, 2.05) is 0 Å². The molecular weight excluding hydrogens is 236 g/mol. The van der Waals surface area contributed by atoms with E-state index >= 15 is 0 Å². The van der Waals surface area contributed by atoms with Gasteiger partial charge in [0.05, 0.1) is 0 Å². The SMILES string of the molecule is CN1CCN2C(CCC2CN2CC3CCNC3C2)C1. The quantitative estimate of drug-likeness (QED) is 0.761. The molecule has 0 spiro atoms. The molecule has 108 valence electrons. The monoisotopic (exact) mass is 264 g/mol. The first-order valence-electron chi connectivity index (χ1n) is 8.19. The Bertz CT molecular complexity index is 322. The summed E-state index contributed by atoms with van der Waals surface area (Å²) in [6.07, 6.45) is 4.26. The zero-order chi connectivity index (χ0) is 12.8. The predicted octanol–water partition coefficient (Wildman–Crippen LogP) is 0.0585. The Kier molecular flexibility index (Phi) is 3.30. The lowest BCUT2D eigenvalue weighted by molar-refractivity contribution is 0.0792. The van der Waals surface area contributed by atoms with Crippen LogP contribution in [0, 0.1) is 5.92 Å². The zero-order valence-corrected chi connectivity index (χ0v) is 12.2. The molecule has 4 rings (SSSR count). The number of likely N-dealkylation sites (N-methyl/N-ethyl adjacent to an activating group) is 1. The molecule has 19 heavy (non-hydrogen) atoms. The van der Waals surface area contributed by atoms with Gasteiger partial charge in [-0.3, -0.25) is 9.80 Å². The van der Waals surface area contributed by atoms with E-state index in [0.29, 0.717) is 0 Å². The van der Waals surface area contributed by atoms with Gasteiger partial charge in [0, 0.05) is 57.4 Å². The van der Waals surface area contributed by atoms with Gasteiger partial charge >= 0.3 is 0 Å². The molecule has 4 nitrogen and oxygen atoms in total. The number of fused-ring (bicyclic) bond motifs is 2. The van der Waals surface area contributed by atoms with Crippen LogP contribution in [0.5, 0.6) is 0 Å². The first kappa shape index (κ1) is 12.6.